The molecule has 1 amide bonds. The number of amides is 1. The summed E-state index contributed by atoms with van der Waals surface area (Å²) >= 11 is 0. The van der Waals surface area contributed by atoms with Crippen molar-refractivity contribution in [2.45, 2.75) is 24.2 Å². The maximum Gasteiger partial charge on any atom is 0.261 e. The molecule has 26 heavy (non-hydrogen) atoms. The number of halogens is 1. The van der Waals surface area contributed by atoms with E-state index in [-0.39, 0.29) is 16.7 Å². The second-order valence-electron chi connectivity index (χ2n) is 6.15. The fraction of sp³-hybridized carbons (Fsp3) is 0.211. The topological polar surface area (TPSA) is 75.3 Å². The Hall–Kier alpha value is -2.67. The molecular formula is C19H19FN2O3S. The summed E-state index contributed by atoms with van der Waals surface area (Å²) < 4.78 is 39.9. The number of hydrogen-bond acceptors (Lipinski definition) is 3. The van der Waals surface area contributed by atoms with Crippen molar-refractivity contribution in [2.24, 2.45) is 5.92 Å². The molecule has 2 aromatic carbocycles. The van der Waals surface area contributed by atoms with Gasteiger partial charge in [-0.05, 0) is 67.3 Å². The molecule has 1 atom stereocenters. The summed E-state index contributed by atoms with van der Waals surface area (Å²) in [6, 6.07) is 11.0. The third-order valence-corrected chi connectivity index (χ3v) is 5.50. The molecule has 7 heteroatoms. The minimum atomic E-state index is -3.79. The lowest BCUT2D eigenvalue weighted by molar-refractivity contribution is -0.116. The van der Waals surface area contributed by atoms with Crippen molar-refractivity contribution in [3.05, 3.63) is 66.5 Å². The molecule has 0 unspecified atom stereocenters. The van der Waals surface area contributed by atoms with Crippen LogP contribution in [0.3, 0.4) is 0 Å². The molecule has 1 aliphatic rings. The second kappa shape index (κ2) is 7.70. The van der Waals surface area contributed by atoms with E-state index >= 15 is 0 Å². The van der Waals surface area contributed by atoms with E-state index in [4.69, 9.17) is 0 Å². The van der Waals surface area contributed by atoms with E-state index in [1.807, 2.05) is 0 Å². The third kappa shape index (κ3) is 4.70. The SMILES string of the molecule is O=C(C[C@H]1C=CCC1)Nc1ccc(NS(=O)(=O)c2ccc(F)cc2)cc1. The summed E-state index contributed by atoms with van der Waals surface area (Å²) in [5, 5.41) is 2.81. The van der Waals surface area contributed by atoms with Crippen LogP contribution in [0, 0.1) is 11.7 Å². The zero-order valence-corrected chi connectivity index (χ0v) is 14.8. The van der Waals surface area contributed by atoms with Crippen LogP contribution in [0.4, 0.5) is 15.8 Å². The van der Waals surface area contributed by atoms with Crippen LogP contribution in [0.25, 0.3) is 0 Å². The summed E-state index contributed by atoms with van der Waals surface area (Å²) in [6.45, 7) is 0. The minimum absolute atomic E-state index is 0.0269. The van der Waals surface area contributed by atoms with Gasteiger partial charge in [-0.1, -0.05) is 12.2 Å². The lowest BCUT2D eigenvalue weighted by Gasteiger charge is -2.11. The van der Waals surface area contributed by atoms with E-state index in [0.717, 1.165) is 25.0 Å². The molecule has 136 valence electrons. The van der Waals surface area contributed by atoms with E-state index < -0.39 is 15.8 Å². The Labute approximate surface area is 152 Å². The summed E-state index contributed by atoms with van der Waals surface area (Å²) in [5.74, 6) is -0.282. The van der Waals surface area contributed by atoms with Crippen molar-refractivity contribution >= 4 is 27.3 Å². The van der Waals surface area contributed by atoms with Gasteiger partial charge in [0.25, 0.3) is 10.0 Å². The van der Waals surface area contributed by atoms with Gasteiger partial charge < -0.3 is 5.32 Å². The highest BCUT2D eigenvalue weighted by atomic mass is 32.2. The van der Waals surface area contributed by atoms with Crippen molar-refractivity contribution in [2.75, 3.05) is 10.0 Å². The lowest BCUT2D eigenvalue weighted by Crippen LogP contribution is -2.15. The predicted molar refractivity (Wildman–Crippen MR) is 98.8 cm³/mol. The summed E-state index contributed by atoms with van der Waals surface area (Å²) in [7, 11) is -3.79. The number of benzene rings is 2. The molecule has 0 heterocycles. The molecule has 0 saturated carbocycles. The quantitative estimate of drug-likeness (QED) is 0.753. The van der Waals surface area contributed by atoms with Crippen molar-refractivity contribution in [1.82, 2.24) is 0 Å². The fourth-order valence-electron chi connectivity index (χ4n) is 2.76. The van der Waals surface area contributed by atoms with Crippen LogP contribution >= 0.6 is 0 Å². The van der Waals surface area contributed by atoms with Crippen LogP contribution in [0.5, 0.6) is 0 Å². The first-order valence-corrected chi connectivity index (χ1v) is 9.76. The van der Waals surface area contributed by atoms with Gasteiger partial charge in [-0.15, -0.1) is 0 Å². The highest BCUT2D eigenvalue weighted by Gasteiger charge is 2.15. The number of sulfonamides is 1. The smallest absolute Gasteiger partial charge is 0.261 e. The Morgan fingerprint density at radius 2 is 1.69 bits per heavy atom. The largest absolute Gasteiger partial charge is 0.326 e. The lowest BCUT2D eigenvalue weighted by atomic mass is 10.1. The monoisotopic (exact) mass is 374 g/mol. The van der Waals surface area contributed by atoms with Gasteiger partial charge in [0.2, 0.25) is 5.91 Å². The first kappa shape index (κ1) is 18.1. The van der Waals surface area contributed by atoms with Crippen LogP contribution in [-0.4, -0.2) is 14.3 Å². The normalized spacial score (nSPS) is 16.4. The van der Waals surface area contributed by atoms with Gasteiger partial charge in [0.1, 0.15) is 5.82 Å². The number of anilines is 2. The molecular weight excluding hydrogens is 355 g/mol. The van der Waals surface area contributed by atoms with Gasteiger partial charge >= 0.3 is 0 Å². The second-order valence-corrected chi connectivity index (χ2v) is 7.84. The zero-order chi connectivity index (χ0) is 18.6. The predicted octanol–water partition coefficient (Wildman–Crippen LogP) is 3.92. The Kier molecular flexibility index (Phi) is 5.37. The van der Waals surface area contributed by atoms with Gasteiger partial charge in [-0.3, -0.25) is 9.52 Å². The number of carbonyl (C=O) groups is 1. The van der Waals surface area contributed by atoms with E-state index in [1.54, 1.807) is 24.3 Å². The summed E-state index contributed by atoms with van der Waals surface area (Å²) in [5.41, 5.74) is 0.952. The molecule has 0 radical (unpaired) electrons. The molecule has 2 N–H and O–H groups in total. The molecule has 0 aromatic heterocycles. The van der Waals surface area contributed by atoms with Gasteiger partial charge in [0.15, 0.2) is 0 Å². The molecule has 0 aliphatic heterocycles. The summed E-state index contributed by atoms with van der Waals surface area (Å²) in [4.78, 5) is 12.0. The van der Waals surface area contributed by atoms with Crippen molar-refractivity contribution in [3.63, 3.8) is 0 Å². The van der Waals surface area contributed by atoms with E-state index in [1.165, 1.54) is 12.1 Å². The van der Waals surface area contributed by atoms with Crippen LogP contribution in [0.15, 0.2) is 65.6 Å². The average molecular weight is 374 g/mol. The Bertz CT molecular complexity index is 907. The minimum Gasteiger partial charge on any atom is -0.326 e. The molecule has 0 saturated heterocycles. The first-order chi connectivity index (χ1) is 12.4. The maximum absolute atomic E-state index is 12.9. The Morgan fingerprint density at radius 1 is 1.04 bits per heavy atom. The Morgan fingerprint density at radius 3 is 2.31 bits per heavy atom. The van der Waals surface area contributed by atoms with Crippen molar-refractivity contribution in [1.29, 1.82) is 0 Å². The highest BCUT2D eigenvalue weighted by Crippen LogP contribution is 2.22. The number of carbonyl (C=O) groups excluding carboxylic acids is 1. The molecule has 0 bridgehead atoms. The van der Waals surface area contributed by atoms with Crippen LogP contribution in [0.2, 0.25) is 0 Å². The number of nitrogens with one attached hydrogen (secondary N) is 2. The number of hydrogen-bond donors (Lipinski definition) is 2. The first-order valence-electron chi connectivity index (χ1n) is 8.27. The van der Waals surface area contributed by atoms with Gasteiger partial charge in [-0.25, -0.2) is 12.8 Å². The molecule has 0 fully saturated rings. The van der Waals surface area contributed by atoms with E-state index in [2.05, 4.69) is 22.2 Å². The molecule has 1 aliphatic carbocycles. The maximum atomic E-state index is 12.9. The molecule has 3 rings (SSSR count). The zero-order valence-electron chi connectivity index (χ0n) is 14.0. The molecule has 0 spiro atoms. The number of rotatable bonds is 6. The van der Waals surface area contributed by atoms with Crippen molar-refractivity contribution < 1.29 is 17.6 Å². The fourth-order valence-corrected chi connectivity index (χ4v) is 3.82. The number of allylic oxidation sites excluding steroid dienone is 2. The van der Waals surface area contributed by atoms with E-state index in [0.29, 0.717) is 17.8 Å². The standard InChI is InChI=1S/C19H19FN2O3S/c20-15-5-11-18(12-6-15)26(24,25)22-17-9-7-16(8-10-17)21-19(23)13-14-3-1-2-4-14/h1,3,5-12,14,22H,2,4,13H2,(H,21,23)/t14-/m0/s1. The molecule has 5 nitrogen and oxygen atoms in total. The van der Waals surface area contributed by atoms with E-state index in [9.17, 15) is 17.6 Å². The van der Waals surface area contributed by atoms with Gasteiger partial charge in [-0.2, -0.15) is 0 Å². The Balaban J connectivity index is 1.61. The summed E-state index contributed by atoms with van der Waals surface area (Å²) in [6.07, 6.45) is 6.60. The van der Waals surface area contributed by atoms with Gasteiger partial charge in [0.05, 0.1) is 4.90 Å². The third-order valence-electron chi connectivity index (χ3n) is 4.10. The van der Waals surface area contributed by atoms with Crippen LogP contribution < -0.4 is 10.0 Å². The average Bonchev–Trinajstić information content (AvgIpc) is 3.09. The van der Waals surface area contributed by atoms with Crippen molar-refractivity contribution in [3.8, 4) is 0 Å². The van der Waals surface area contributed by atoms with Gasteiger partial charge in [0, 0.05) is 17.8 Å². The van der Waals surface area contributed by atoms with Crippen LogP contribution in [-0.2, 0) is 14.8 Å². The molecule has 2 aromatic rings. The highest BCUT2D eigenvalue weighted by molar-refractivity contribution is 7.92. The van der Waals surface area contributed by atoms with Crippen LogP contribution in [0.1, 0.15) is 19.3 Å².